The van der Waals surface area contributed by atoms with Crippen molar-refractivity contribution in [1.29, 1.82) is 0 Å². The highest BCUT2D eigenvalue weighted by Crippen LogP contribution is 2.26. The van der Waals surface area contributed by atoms with Crippen LogP contribution < -0.4 is 5.32 Å². The Kier molecular flexibility index (Phi) is 3.87. The van der Waals surface area contributed by atoms with E-state index in [1.165, 1.54) is 7.11 Å². The van der Waals surface area contributed by atoms with Crippen LogP contribution in [0, 0.1) is 11.8 Å². The van der Waals surface area contributed by atoms with Crippen molar-refractivity contribution < 1.29 is 23.9 Å². The minimum Gasteiger partial charge on any atom is -0.467 e. The molecule has 0 aliphatic carbocycles. The lowest BCUT2D eigenvalue weighted by Gasteiger charge is -2.37. The van der Waals surface area contributed by atoms with Gasteiger partial charge in [-0.1, -0.05) is 6.92 Å². The van der Waals surface area contributed by atoms with Gasteiger partial charge in [0.15, 0.2) is 0 Å². The molecule has 1 amide bonds. The van der Waals surface area contributed by atoms with Crippen LogP contribution in [0.4, 0.5) is 0 Å². The predicted octanol–water partition coefficient (Wildman–Crippen LogP) is -0.527. The highest BCUT2D eigenvalue weighted by atomic mass is 16.5. The zero-order valence-electron chi connectivity index (χ0n) is 9.48. The van der Waals surface area contributed by atoms with E-state index in [9.17, 15) is 14.4 Å². The van der Waals surface area contributed by atoms with Crippen LogP contribution >= 0.6 is 0 Å². The van der Waals surface area contributed by atoms with Gasteiger partial charge in [0.25, 0.3) is 0 Å². The fourth-order valence-electron chi connectivity index (χ4n) is 1.66. The lowest BCUT2D eigenvalue weighted by molar-refractivity contribution is -0.164. The van der Waals surface area contributed by atoms with Crippen molar-refractivity contribution in [1.82, 2.24) is 5.32 Å². The lowest BCUT2D eigenvalue weighted by atomic mass is 9.80. The summed E-state index contributed by atoms with van der Waals surface area (Å²) in [4.78, 5) is 34.0. The third-order valence-electron chi connectivity index (χ3n) is 2.61. The van der Waals surface area contributed by atoms with Crippen LogP contribution in [0.25, 0.3) is 0 Å². The standard InChI is InChI=1S/C10H15NO5/c1-4-16-9(13)5(2)6-7(10(14)15-3)11-8(6)12/h5-7H,4H2,1-3H3,(H,11,12). The molecule has 0 bridgehead atoms. The topological polar surface area (TPSA) is 81.7 Å². The molecule has 0 saturated carbocycles. The molecule has 6 nitrogen and oxygen atoms in total. The summed E-state index contributed by atoms with van der Waals surface area (Å²) in [6.07, 6.45) is 0. The van der Waals surface area contributed by atoms with Crippen LogP contribution in [-0.4, -0.2) is 37.6 Å². The number of carbonyl (C=O) groups excluding carboxylic acids is 3. The third kappa shape index (κ3) is 2.15. The van der Waals surface area contributed by atoms with E-state index < -0.39 is 29.8 Å². The summed E-state index contributed by atoms with van der Waals surface area (Å²) in [7, 11) is 1.24. The molecule has 1 aliphatic heterocycles. The smallest absolute Gasteiger partial charge is 0.329 e. The van der Waals surface area contributed by atoms with Crippen molar-refractivity contribution in [2.24, 2.45) is 11.8 Å². The van der Waals surface area contributed by atoms with Crippen molar-refractivity contribution in [3.05, 3.63) is 0 Å². The molecule has 0 aromatic heterocycles. The summed E-state index contributed by atoms with van der Waals surface area (Å²) in [6, 6.07) is -0.739. The number of nitrogens with one attached hydrogen (secondary N) is 1. The van der Waals surface area contributed by atoms with Crippen LogP contribution in [0.15, 0.2) is 0 Å². The van der Waals surface area contributed by atoms with Crippen molar-refractivity contribution in [3.63, 3.8) is 0 Å². The van der Waals surface area contributed by atoms with Crippen molar-refractivity contribution in [3.8, 4) is 0 Å². The van der Waals surface area contributed by atoms with E-state index in [1.54, 1.807) is 13.8 Å². The maximum absolute atomic E-state index is 11.4. The van der Waals surface area contributed by atoms with Crippen molar-refractivity contribution in [2.45, 2.75) is 19.9 Å². The van der Waals surface area contributed by atoms with E-state index in [2.05, 4.69) is 10.1 Å². The molecule has 1 fully saturated rings. The highest BCUT2D eigenvalue weighted by Gasteiger charge is 2.50. The number of hydrogen-bond donors (Lipinski definition) is 1. The highest BCUT2D eigenvalue weighted by molar-refractivity contribution is 5.99. The summed E-state index contributed by atoms with van der Waals surface area (Å²) in [6.45, 7) is 3.50. The second kappa shape index (κ2) is 4.96. The minimum absolute atomic E-state index is 0.250. The molecule has 1 aliphatic rings. The Hall–Kier alpha value is -1.59. The molecule has 0 aromatic rings. The van der Waals surface area contributed by atoms with E-state index in [0.29, 0.717) is 0 Å². The average Bonchev–Trinajstić information content (AvgIpc) is 2.24. The summed E-state index contributed by atoms with van der Waals surface area (Å²) < 4.78 is 9.32. The Morgan fingerprint density at radius 1 is 1.50 bits per heavy atom. The number of esters is 2. The molecular weight excluding hydrogens is 214 g/mol. The Balaban J connectivity index is 2.66. The van der Waals surface area contributed by atoms with E-state index >= 15 is 0 Å². The molecule has 1 rings (SSSR count). The zero-order chi connectivity index (χ0) is 12.3. The van der Waals surface area contributed by atoms with Gasteiger partial charge in [-0.2, -0.15) is 0 Å². The van der Waals surface area contributed by atoms with Gasteiger partial charge >= 0.3 is 11.9 Å². The average molecular weight is 229 g/mol. The molecule has 1 heterocycles. The quantitative estimate of drug-likeness (QED) is 0.518. The van der Waals surface area contributed by atoms with E-state index in [0.717, 1.165) is 0 Å². The fourth-order valence-corrected chi connectivity index (χ4v) is 1.66. The molecular formula is C10H15NO5. The molecule has 90 valence electrons. The first-order valence-electron chi connectivity index (χ1n) is 5.07. The van der Waals surface area contributed by atoms with Crippen molar-refractivity contribution in [2.75, 3.05) is 13.7 Å². The monoisotopic (exact) mass is 229 g/mol. The molecule has 0 radical (unpaired) electrons. The molecule has 1 N–H and O–H groups in total. The molecule has 6 heteroatoms. The Labute approximate surface area is 93.3 Å². The molecule has 3 atom stereocenters. The Morgan fingerprint density at radius 3 is 2.56 bits per heavy atom. The van der Waals surface area contributed by atoms with Gasteiger partial charge in [0.05, 0.1) is 25.6 Å². The van der Waals surface area contributed by atoms with Gasteiger partial charge in [-0.15, -0.1) is 0 Å². The van der Waals surface area contributed by atoms with E-state index in [-0.39, 0.29) is 12.5 Å². The maximum atomic E-state index is 11.4. The van der Waals surface area contributed by atoms with Gasteiger partial charge in [-0.3, -0.25) is 9.59 Å². The first-order valence-corrected chi connectivity index (χ1v) is 5.07. The Bertz CT molecular complexity index is 314. The second-order valence-electron chi connectivity index (χ2n) is 3.58. The van der Waals surface area contributed by atoms with Gasteiger partial charge in [0.1, 0.15) is 6.04 Å². The molecule has 0 spiro atoms. The normalized spacial score (nSPS) is 25.1. The van der Waals surface area contributed by atoms with Crippen molar-refractivity contribution >= 4 is 17.8 Å². The van der Waals surface area contributed by atoms with Gasteiger partial charge in [-0.25, -0.2) is 4.79 Å². The third-order valence-corrected chi connectivity index (χ3v) is 2.61. The van der Waals surface area contributed by atoms with Crippen LogP contribution in [0.2, 0.25) is 0 Å². The van der Waals surface area contributed by atoms with Crippen LogP contribution in [0.1, 0.15) is 13.8 Å². The van der Waals surface area contributed by atoms with E-state index in [4.69, 9.17) is 4.74 Å². The predicted molar refractivity (Wildman–Crippen MR) is 53.2 cm³/mol. The summed E-state index contributed by atoms with van der Waals surface area (Å²) in [5, 5.41) is 2.40. The van der Waals surface area contributed by atoms with Gasteiger partial charge in [0.2, 0.25) is 5.91 Å². The second-order valence-corrected chi connectivity index (χ2v) is 3.58. The number of carbonyl (C=O) groups is 3. The van der Waals surface area contributed by atoms with Gasteiger partial charge in [-0.05, 0) is 6.92 Å². The molecule has 16 heavy (non-hydrogen) atoms. The molecule has 1 saturated heterocycles. The largest absolute Gasteiger partial charge is 0.467 e. The number of β-lactam (4-membered cyclic amide) rings is 1. The van der Waals surface area contributed by atoms with Crippen LogP contribution in [0.3, 0.4) is 0 Å². The first-order chi connectivity index (χ1) is 7.52. The van der Waals surface area contributed by atoms with Crippen LogP contribution in [-0.2, 0) is 23.9 Å². The number of methoxy groups -OCH3 is 1. The number of hydrogen-bond acceptors (Lipinski definition) is 5. The maximum Gasteiger partial charge on any atom is 0.329 e. The van der Waals surface area contributed by atoms with Crippen LogP contribution in [0.5, 0.6) is 0 Å². The number of ether oxygens (including phenoxy) is 2. The molecule has 3 unspecified atom stereocenters. The summed E-state index contributed by atoms with van der Waals surface area (Å²) >= 11 is 0. The van der Waals surface area contributed by atoms with E-state index in [1.807, 2.05) is 0 Å². The first kappa shape index (κ1) is 12.5. The minimum atomic E-state index is -0.739. The number of amides is 1. The SMILES string of the molecule is CCOC(=O)C(C)C1C(=O)NC1C(=O)OC. The fraction of sp³-hybridized carbons (Fsp3) is 0.700. The lowest BCUT2D eigenvalue weighted by Crippen LogP contribution is -2.65. The van der Waals surface area contributed by atoms with Gasteiger partial charge in [0, 0.05) is 0 Å². The zero-order valence-corrected chi connectivity index (χ0v) is 9.48. The Morgan fingerprint density at radius 2 is 2.12 bits per heavy atom. The summed E-state index contributed by atoms with van der Waals surface area (Å²) in [5.74, 6) is -2.67. The molecule has 0 aromatic carbocycles. The number of rotatable bonds is 4. The van der Waals surface area contributed by atoms with Gasteiger partial charge < -0.3 is 14.8 Å². The summed E-state index contributed by atoms with van der Waals surface area (Å²) in [5.41, 5.74) is 0.